The third-order valence-corrected chi connectivity index (χ3v) is 4.83. The van der Waals surface area contributed by atoms with Gasteiger partial charge in [0.15, 0.2) is 9.84 Å². The SMILES string of the molecule is [C-]#[N+]c1cc(-c2ccc(S(C)(=O)=O)cc2)n(-c2ccc(OC)cc2)n1. The Morgan fingerprint density at radius 1 is 1.08 bits per heavy atom. The van der Waals surface area contributed by atoms with Crippen molar-refractivity contribution in [3.05, 3.63) is 66.0 Å². The molecule has 25 heavy (non-hydrogen) atoms. The van der Waals surface area contributed by atoms with Crippen LogP contribution in [0.5, 0.6) is 5.75 Å². The lowest BCUT2D eigenvalue weighted by molar-refractivity contribution is 0.414. The average Bonchev–Trinajstić information content (AvgIpc) is 3.05. The Bertz CT molecular complexity index is 1040. The molecule has 3 rings (SSSR count). The van der Waals surface area contributed by atoms with Crippen LogP contribution in [0.1, 0.15) is 0 Å². The van der Waals surface area contributed by atoms with Crippen molar-refractivity contribution in [1.82, 2.24) is 9.78 Å². The Morgan fingerprint density at radius 3 is 2.24 bits per heavy atom. The van der Waals surface area contributed by atoms with E-state index in [2.05, 4.69) is 9.94 Å². The van der Waals surface area contributed by atoms with Gasteiger partial charge in [-0.05, 0) is 47.6 Å². The predicted molar refractivity (Wildman–Crippen MR) is 94.9 cm³/mol. The second-order valence-corrected chi connectivity index (χ2v) is 7.42. The third-order valence-electron chi connectivity index (χ3n) is 3.71. The molecule has 0 bridgehead atoms. The zero-order chi connectivity index (χ0) is 18.0. The molecule has 2 aromatic carbocycles. The number of hydrogen-bond donors (Lipinski definition) is 0. The van der Waals surface area contributed by atoms with Gasteiger partial charge in [-0.1, -0.05) is 18.7 Å². The van der Waals surface area contributed by atoms with Crippen molar-refractivity contribution in [3.8, 4) is 22.7 Å². The smallest absolute Gasteiger partial charge is 0.296 e. The van der Waals surface area contributed by atoms with Crippen molar-refractivity contribution in [3.63, 3.8) is 0 Å². The average molecular weight is 353 g/mol. The predicted octanol–water partition coefficient (Wildman–Crippen LogP) is 3.50. The van der Waals surface area contributed by atoms with Crippen LogP contribution in [0.25, 0.3) is 21.8 Å². The minimum atomic E-state index is -3.26. The molecule has 7 heteroatoms. The number of ether oxygens (including phenoxy) is 1. The number of nitrogens with zero attached hydrogens (tertiary/aromatic N) is 3. The molecule has 1 aromatic heterocycles. The number of hydrogen-bond acceptors (Lipinski definition) is 4. The summed E-state index contributed by atoms with van der Waals surface area (Å²) >= 11 is 0. The van der Waals surface area contributed by atoms with E-state index < -0.39 is 9.84 Å². The summed E-state index contributed by atoms with van der Waals surface area (Å²) in [6, 6.07) is 15.5. The highest BCUT2D eigenvalue weighted by Crippen LogP contribution is 2.28. The van der Waals surface area contributed by atoms with Crippen LogP contribution in [0.15, 0.2) is 59.5 Å². The molecule has 0 radical (unpaired) electrons. The van der Waals surface area contributed by atoms with Crippen molar-refractivity contribution >= 4 is 15.7 Å². The van der Waals surface area contributed by atoms with Crippen LogP contribution in [0.4, 0.5) is 5.82 Å². The third kappa shape index (κ3) is 3.39. The summed E-state index contributed by atoms with van der Waals surface area (Å²) in [7, 11) is -1.66. The van der Waals surface area contributed by atoms with E-state index in [-0.39, 0.29) is 10.7 Å². The van der Waals surface area contributed by atoms with Crippen molar-refractivity contribution in [2.24, 2.45) is 0 Å². The molecule has 1 heterocycles. The molecule has 0 aliphatic rings. The quantitative estimate of drug-likeness (QED) is 0.673. The Morgan fingerprint density at radius 2 is 1.72 bits per heavy atom. The normalized spacial score (nSPS) is 11.1. The molecule has 0 amide bonds. The van der Waals surface area contributed by atoms with Gasteiger partial charge in [0, 0.05) is 11.8 Å². The largest absolute Gasteiger partial charge is 0.497 e. The standard InChI is InChI=1S/C18H15N3O3S/c1-19-18-12-17(13-4-10-16(11-5-13)25(3,22)23)21(20-18)14-6-8-15(24-2)9-7-14/h4-12H,2-3H3. The lowest BCUT2D eigenvalue weighted by Gasteiger charge is -2.07. The van der Waals surface area contributed by atoms with Gasteiger partial charge in [-0.2, -0.15) is 4.68 Å². The fraction of sp³-hybridized carbons (Fsp3) is 0.111. The lowest BCUT2D eigenvalue weighted by atomic mass is 10.1. The van der Waals surface area contributed by atoms with E-state index in [0.717, 1.165) is 17.0 Å². The van der Waals surface area contributed by atoms with E-state index in [9.17, 15) is 8.42 Å². The Kier molecular flexibility index (Phi) is 4.30. The molecule has 6 nitrogen and oxygen atoms in total. The lowest BCUT2D eigenvalue weighted by Crippen LogP contribution is -2.00. The van der Waals surface area contributed by atoms with Crippen LogP contribution in [0, 0.1) is 6.57 Å². The molecular formula is C18H15N3O3S. The van der Waals surface area contributed by atoms with Gasteiger partial charge in [-0.25, -0.2) is 8.42 Å². The first-order chi connectivity index (χ1) is 11.9. The van der Waals surface area contributed by atoms with Crippen LogP contribution in [-0.4, -0.2) is 31.6 Å². The Labute approximate surface area is 146 Å². The van der Waals surface area contributed by atoms with E-state index in [1.54, 1.807) is 42.1 Å². The highest BCUT2D eigenvalue weighted by molar-refractivity contribution is 7.90. The molecule has 0 fully saturated rings. The van der Waals surface area contributed by atoms with Gasteiger partial charge in [0.25, 0.3) is 5.82 Å². The number of methoxy groups -OCH3 is 1. The summed E-state index contributed by atoms with van der Waals surface area (Å²) in [6.45, 7) is 7.21. The maximum atomic E-state index is 11.6. The van der Waals surface area contributed by atoms with Crippen molar-refractivity contribution in [2.45, 2.75) is 4.90 Å². The highest BCUT2D eigenvalue weighted by Gasteiger charge is 2.15. The van der Waals surface area contributed by atoms with Crippen LogP contribution >= 0.6 is 0 Å². The van der Waals surface area contributed by atoms with Gasteiger partial charge in [-0.15, -0.1) is 0 Å². The molecule has 3 aromatic rings. The Balaban J connectivity index is 2.10. The van der Waals surface area contributed by atoms with Gasteiger partial charge in [0.05, 0.1) is 23.4 Å². The fourth-order valence-corrected chi connectivity index (χ4v) is 3.05. The van der Waals surface area contributed by atoms with E-state index in [1.807, 2.05) is 24.3 Å². The summed E-state index contributed by atoms with van der Waals surface area (Å²) in [5, 5.41) is 4.31. The molecule has 0 saturated carbocycles. The molecule has 126 valence electrons. The second kappa shape index (κ2) is 6.42. The minimum absolute atomic E-state index is 0.247. The topological polar surface area (TPSA) is 65.5 Å². The molecule has 0 saturated heterocycles. The first-order valence-corrected chi connectivity index (χ1v) is 9.24. The first-order valence-electron chi connectivity index (χ1n) is 7.35. The van der Waals surface area contributed by atoms with E-state index in [1.165, 1.54) is 6.26 Å². The summed E-state index contributed by atoms with van der Waals surface area (Å²) in [4.78, 5) is 3.64. The zero-order valence-electron chi connectivity index (χ0n) is 13.7. The van der Waals surface area contributed by atoms with Gasteiger partial charge >= 0.3 is 0 Å². The molecule has 0 aliphatic heterocycles. The number of aromatic nitrogens is 2. The monoisotopic (exact) mass is 353 g/mol. The van der Waals surface area contributed by atoms with Crippen molar-refractivity contribution in [2.75, 3.05) is 13.4 Å². The molecule has 0 unspecified atom stereocenters. The van der Waals surface area contributed by atoms with E-state index >= 15 is 0 Å². The Hall–Kier alpha value is -3.11. The van der Waals surface area contributed by atoms with Crippen LogP contribution in [-0.2, 0) is 9.84 Å². The van der Waals surface area contributed by atoms with Gasteiger partial charge in [-0.3, -0.25) is 0 Å². The number of benzene rings is 2. The van der Waals surface area contributed by atoms with Crippen LogP contribution < -0.4 is 4.74 Å². The minimum Gasteiger partial charge on any atom is -0.497 e. The van der Waals surface area contributed by atoms with Gasteiger partial charge in [0.2, 0.25) is 0 Å². The summed E-state index contributed by atoms with van der Waals surface area (Å²) in [6.07, 6.45) is 1.17. The number of rotatable bonds is 4. The maximum absolute atomic E-state index is 11.6. The molecular weight excluding hydrogens is 338 g/mol. The summed E-state index contributed by atoms with van der Waals surface area (Å²) in [5.74, 6) is 0.985. The second-order valence-electron chi connectivity index (χ2n) is 5.41. The van der Waals surface area contributed by atoms with Gasteiger partial charge in [0.1, 0.15) is 5.75 Å². The molecule has 0 atom stereocenters. The van der Waals surface area contributed by atoms with Crippen LogP contribution in [0.3, 0.4) is 0 Å². The molecule has 0 spiro atoms. The molecule has 0 N–H and O–H groups in total. The summed E-state index contributed by atoms with van der Waals surface area (Å²) in [5.41, 5.74) is 2.25. The molecule has 0 aliphatic carbocycles. The zero-order valence-corrected chi connectivity index (χ0v) is 14.5. The van der Waals surface area contributed by atoms with Crippen molar-refractivity contribution in [1.29, 1.82) is 0 Å². The van der Waals surface area contributed by atoms with E-state index in [0.29, 0.717) is 5.69 Å². The highest BCUT2D eigenvalue weighted by atomic mass is 32.2. The van der Waals surface area contributed by atoms with Crippen molar-refractivity contribution < 1.29 is 13.2 Å². The maximum Gasteiger partial charge on any atom is 0.296 e. The summed E-state index contributed by atoms with van der Waals surface area (Å²) < 4.78 is 30.0. The number of sulfone groups is 1. The van der Waals surface area contributed by atoms with Crippen LogP contribution in [0.2, 0.25) is 0 Å². The fourth-order valence-electron chi connectivity index (χ4n) is 2.42. The first kappa shape index (κ1) is 16.7. The van der Waals surface area contributed by atoms with E-state index in [4.69, 9.17) is 11.3 Å². The van der Waals surface area contributed by atoms with Gasteiger partial charge < -0.3 is 9.58 Å².